The van der Waals surface area contributed by atoms with Gasteiger partial charge in [-0.3, -0.25) is 14.5 Å². The van der Waals surface area contributed by atoms with E-state index >= 15 is 0 Å². The Labute approximate surface area is 215 Å². The lowest BCUT2D eigenvalue weighted by Crippen LogP contribution is -2.29. The third-order valence-electron chi connectivity index (χ3n) is 6.55. The first-order valence-corrected chi connectivity index (χ1v) is 12.1. The van der Waals surface area contributed by atoms with E-state index in [1.54, 1.807) is 30.3 Å². The number of carbonyl (C=O) groups is 2. The van der Waals surface area contributed by atoms with Gasteiger partial charge in [-0.05, 0) is 66.1 Å². The maximum Gasteiger partial charge on any atom is 0.300 e. The molecule has 1 atom stereocenters. The van der Waals surface area contributed by atoms with Crippen LogP contribution in [0.2, 0.25) is 0 Å². The molecule has 6 heteroatoms. The Morgan fingerprint density at radius 1 is 0.892 bits per heavy atom. The summed E-state index contributed by atoms with van der Waals surface area (Å²) in [6.07, 6.45) is 0. The minimum Gasteiger partial charge on any atom is -0.507 e. The number of carbonyl (C=O) groups excluding carboxylic acids is 2. The number of anilines is 1. The molecular formula is C31H27NO5. The molecule has 4 aromatic rings. The van der Waals surface area contributed by atoms with Crippen LogP contribution in [0.15, 0.2) is 90.5 Å². The van der Waals surface area contributed by atoms with Crippen molar-refractivity contribution >= 4 is 33.9 Å². The normalized spacial score (nSPS) is 16.8. The summed E-state index contributed by atoms with van der Waals surface area (Å²) in [6.45, 7) is 4.26. The van der Waals surface area contributed by atoms with Crippen molar-refractivity contribution in [2.24, 2.45) is 0 Å². The highest BCUT2D eigenvalue weighted by atomic mass is 16.5. The number of fused-ring (bicyclic) bond motifs is 1. The van der Waals surface area contributed by atoms with Crippen LogP contribution in [0.1, 0.15) is 29.7 Å². The molecule has 5 rings (SSSR count). The average molecular weight is 494 g/mol. The topological polar surface area (TPSA) is 76.1 Å². The lowest BCUT2D eigenvalue weighted by Gasteiger charge is -2.26. The van der Waals surface area contributed by atoms with Gasteiger partial charge in [0.15, 0.2) is 11.5 Å². The highest BCUT2D eigenvalue weighted by molar-refractivity contribution is 6.51. The van der Waals surface area contributed by atoms with E-state index in [0.717, 1.165) is 16.3 Å². The number of hydrogen-bond acceptors (Lipinski definition) is 5. The number of nitrogens with zero attached hydrogens (tertiary/aromatic N) is 1. The van der Waals surface area contributed by atoms with Crippen LogP contribution < -0.4 is 14.4 Å². The van der Waals surface area contributed by atoms with Crippen LogP contribution in [0, 0.1) is 6.92 Å². The fraction of sp³-hybridized carbons (Fsp3) is 0.161. The minimum absolute atomic E-state index is 0.0213. The van der Waals surface area contributed by atoms with Gasteiger partial charge in [0, 0.05) is 11.3 Å². The molecule has 0 bridgehead atoms. The van der Waals surface area contributed by atoms with Crippen molar-refractivity contribution in [1.29, 1.82) is 0 Å². The third kappa shape index (κ3) is 4.31. The van der Waals surface area contributed by atoms with Gasteiger partial charge < -0.3 is 14.6 Å². The van der Waals surface area contributed by atoms with Gasteiger partial charge in [0.1, 0.15) is 5.76 Å². The summed E-state index contributed by atoms with van der Waals surface area (Å²) < 4.78 is 11.2. The summed E-state index contributed by atoms with van der Waals surface area (Å²) in [5.74, 6) is -0.649. The predicted molar refractivity (Wildman–Crippen MR) is 144 cm³/mol. The summed E-state index contributed by atoms with van der Waals surface area (Å²) in [4.78, 5) is 28.4. The van der Waals surface area contributed by atoms with Crippen LogP contribution in [0.3, 0.4) is 0 Å². The van der Waals surface area contributed by atoms with Crippen LogP contribution >= 0.6 is 0 Å². The molecule has 4 aromatic carbocycles. The number of hydrogen-bond donors (Lipinski definition) is 1. The number of aliphatic hydroxyl groups excluding tert-OH is 1. The summed E-state index contributed by atoms with van der Waals surface area (Å²) in [7, 11) is 1.54. The highest BCUT2D eigenvalue weighted by Crippen LogP contribution is 2.44. The van der Waals surface area contributed by atoms with Crippen molar-refractivity contribution in [3.8, 4) is 11.5 Å². The lowest BCUT2D eigenvalue weighted by atomic mass is 9.94. The van der Waals surface area contributed by atoms with Gasteiger partial charge >= 0.3 is 0 Å². The molecule has 1 aliphatic rings. The smallest absolute Gasteiger partial charge is 0.300 e. The average Bonchev–Trinajstić information content (AvgIpc) is 3.18. The lowest BCUT2D eigenvalue weighted by molar-refractivity contribution is -0.132. The number of ether oxygens (including phenoxy) is 2. The molecule has 1 fully saturated rings. The molecule has 37 heavy (non-hydrogen) atoms. The number of amides is 1. The summed E-state index contributed by atoms with van der Waals surface area (Å²) in [6, 6.07) is 25.0. The number of aryl methyl sites for hydroxylation is 1. The van der Waals surface area contributed by atoms with Gasteiger partial charge in [-0.25, -0.2) is 0 Å². The van der Waals surface area contributed by atoms with Crippen molar-refractivity contribution in [1.82, 2.24) is 0 Å². The zero-order chi connectivity index (χ0) is 26.1. The highest BCUT2D eigenvalue weighted by Gasteiger charge is 2.47. The molecule has 1 aliphatic heterocycles. The Morgan fingerprint density at radius 3 is 2.41 bits per heavy atom. The number of methoxy groups -OCH3 is 1. The molecule has 0 aromatic heterocycles. The van der Waals surface area contributed by atoms with Crippen LogP contribution in [-0.4, -0.2) is 30.5 Å². The Bertz CT molecular complexity index is 1550. The standard InChI is InChI=1S/C31H27NO5/c1-4-37-25-15-14-22(18-26(25)36-3)28-27(29(33)23-13-12-20-9-5-6-10-21(20)17-23)30(34)31(35)32(28)24-11-7-8-19(2)16-24/h5-18,28,33H,4H2,1-3H3/b29-27+. The molecule has 0 saturated carbocycles. The second kappa shape index (κ2) is 9.82. The second-order valence-electron chi connectivity index (χ2n) is 8.91. The molecule has 1 heterocycles. The first kappa shape index (κ1) is 24.1. The van der Waals surface area contributed by atoms with E-state index in [-0.39, 0.29) is 11.3 Å². The molecule has 0 spiro atoms. The maximum absolute atomic E-state index is 13.5. The SMILES string of the molecule is CCOc1ccc(C2/C(=C(\O)c3ccc4ccccc4c3)C(=O)C(=O)N2c2cccc(C)c2)cc1OC. The van der Waals surface area contributed by atoms with Crippen molar-refractivity contribution in [3.63, 3.8) is 0 Å². The first-order chi connectivity index (χ1) is 17.9. The summed E-state index contributed by atoms with van der Waals surface area (Å²) in [5, 5.41) is 13.4. The molecule has 0 aliphatic carbocycles. The van der Waals surface area contributed by atoms with Crippen LogP contribution in [-0.2, 0) is 9.59 Å². The van der Waals surface area contributed by atoms with Crippen molar-refractivity contribution in [2.45, 2.75) is 19.9 Å². The predicted octanol–water partition coefficient (Wildman–Crippen LogP) is 6.18. The second-order valence-corrected chi connectivity index (χ2v) is 8.91. The molecule has 0 radical (unpaired) electrons. The van der Waals surface area contributed by atoms with E-state index in [1.807, 2.05) is 68.4 Å². The van der Waals surface area contributed by atoms with Crippen molar-refractivity contribution < 1.29 is 24.2 Å². The van der Waals surface area contributed by atoms with Crippen LogP contribution in [0.25, 0.3) is 16.5 Å². The Hall–Kier alpha value is -4.58. The summed E-state index contributed by atoms with van der Waals surface area (Å²) >= 11 is 0. The van der Waals surface area contributed by atoms with E-state index in [0.29, 0.717) is 34.9 Å². The molecule has 186 valence electrons. The fourth-order valence-corrected chi connectivity index (χ4v) is 4.81. The zero-order valence-corrected chi connectivity index (χ0v) is 20.9. The zero-order valence-electron chi connectivity index (χ0n) is 20.9. The monoisotopic (exact) mass is 493 g/mol. The largest absolute Gasteiger partial charge is 0.507 e. The van der Waals surface area contributed by atoms with Gasteiger partial charge in [-0.15, -0.1) is 0 Å². The number of rotatable bonds is 6. The van der Waals surface area contributed by atoms with E-state index < -0.39 is 17.7 Å². The number of aliphatic hydroxyl groups is 1. The van der Waals surface area contributed by atoms with Gasteiger partial charge in [0.25, 0.3) is 11.7 Å². The first-order valence-electron chi connectivity index (χ1n) is 12.1. The van der Waals surface area contributed by atoms with Gasteiger partial charge in [-0.2, -0.15) is 0 Å². The molecular weight excluding hydrogens is 466 g/mol. The molecule has 1 saturated heterocycles. The van der Waals surface area contributed by atoms with E-state index in [1.165, 1.54) is 12.0 Å². The Morgan fingerprint density at radius 2 is 1.68 bits per heavy atom. The van der Waals surface area contributed by atoms with Gasteiger partial charge in [0.05, 0.1) is 25.3 Å². The number of ketones is 1. The molecule has 1 amide bonds. The molecule has 1 unspecified atom stereocenters. The van der Waals surface area contributed by atoms with Gasteiger partial charge in [0.2, 0.25) is 0 Å². The van der Waals surface area contributed by atoms with Crippen LogP contribution in [0.4, 0.5) is 5.69 Å². The third-order valence-corrected chi connectivity index (χ3v) is 6.55. The quantitative estimate of drug-likeness (QED) is 0.197. The Balaban J connectivity index is 1.73. The number of Topliss-reactive ketones (excluding diaryl/α,β-unsaturated/α-hetero) is 1. The Kier molecular flexibility index (Phi) is 6.40. The van der Waals surface area contributed by atoms with Crippen LogP contribution in [0.5, 0.6) is 11.5 Å². The van der Waals surface area contributed by atoms with Crippen molar-refractivity contribution in [2.75, 3.05) is 18.6 Å². The minimum atomic E-state index is -0.863. The molecule has 1 N–H and O–H groups in total. The maximum atomic E-state index is 13.5. The molecule has 6 nitrogen and oxygen atoms in total. The number of benzene rings is 4. The van der Waals surface area contributed by atoms with E-state index in [9.17, 15) is 14.7 Å². The summed E-state index contributed by atoms with van der Waals surface area (Å²) in [5.41, 5.74) is 2.61. The van der Waals surface area contributed by atoms with Gasteiger partial charge in [-0.1, -0.05) is 54.6 Å². The fourth-order valence-electron chi connectivity index (χ4n) is 4.81. The van der Waals surface area contributed by atoms with Crippen molar-refractivity contribution in [3.05, 3.63) is 107 Å². The van der Waals surface area contributed by atoms with E-state index in [2.05, 4.69) is 0 Å². The van der Waals surface area contributed by atoms with E-state index in [4.69, 9.17) is 9.47 Å².